The van der Waals surface area contributed by atoms with Gasteiger partial charge in [0.25, 0.3) is 5.91 Å². The summed E-state index contributed by atoms with van der Waals surface area (Å²) in [4.78, 5) is 21.3. The molecule has 0 unspecified atom stereocenters. The number of aromatic nitrogens is 1. The predicted molar refractivity (Wildman–Crippen MR) is 117 cm³/mol. The summed E-state index contributed by atoms with van der Waals surface area (Å²) in [5.41, 5.74) is 7.80. The lowest BCUT2D eigenvalue weighted by Gasteiger charge is -2.17. The van der Waals surface area contributed by atoms with Crippen LogP contribution in [0.25, 0.3) is 10.9 Å². The van der Waals surface area contributed by atoms with Crippen molar-refractivity contribution in [2.75, 3.05) is 27.2 Å². The van der Waals surface area contributed by atoms with Gasteiger partial charge in [0.1, 0.15) is 18.1 Å². The molecule has 2 aromatic carbocycles. The van der Waals surface area contributed by atoms with Crippen LogP contribution in [0.15, 0.2) is 53.5 Å². The Morgan fingerprint density at radius 3 is 2.76 bits per heavy atom. The van der Waals surface area contributed by atoms with Gasteiger partial charge in [0.05, 0.1) is 10.5 Å². The number of rotatable bonds is 7. The lowest BCUT2D eigenvalue weighted by Crippen LogP contribution is -2.36. The van der Waals surface area contributed by atoms with Gasteiger partial charge in [-0.05, 0) is 30.8 Å². The summed E-state index contributed by atoms with van der Waals surface area (Å²) < 4.78 is 5.97. The fourth-order valence-corrected chi connectivity index (χ4v) is 3.14. The van der Waals surface area contributed by atoms with Crippen molar-refractivity contribution in [2.24, 2.45) is 10.7 Å². The van der Waals surface area contributed by atoms with Crippen LogP contribution < -0.4 is 15.8 Å². The second kappa shape index (κ2) is 9.45. The van der Waals surface area contributed by atoms with E-state index in [4.69, 9.17) is 22.1 Å². The Morgan fingerprint density at radius 2 is 2.03 bits per heavy atom. The third-order valence-electron chi connectivity index (χ3n) is 4.46. The fourth-order valence-electron chi connectivity index (χ4n) is 2.93. The van der Waals surface area contributed by atoms with Crippen LogP contribution in [-0.2, 0) is 6.54 Å². The van der Waals surface area contributed by atoms with Gasteiger partial charge in [-0.1, -0.05) is 41.9 Å². The molecule has 152 valence electrons. The maximum absolute atomic E-state index is 12.3. The number of H-pyrrole nitrogens is 1. The van der Waals surface area contributed by atoms with Crippen molar-refractivity contribution in [1.29, 1.82) is 0 Å². The molecule has 0 atom stereocenters. The van der Waals surface area contributed by atoms with Gasteiger partial charge in [-0.2, -0.15) is 0 Å². The highest BCUT2D eigenvalue weighted by Gasteiger charge is 2.15. The van der Waals surface area contributed by atoms with Crippen molar-refractivity contribution in [2.45, 2.75) is 6.54 Å². The van der Waals surface area contributed by atoms with Crippen LogP contribution in [0, 0.1) is 0 Å². The van der Waals surface area contributed by atoms with E-state index in [1.165, 1.54) is 12.6 Å². The number of benzene rings is 2. The molecule has 1 amide bonds. The molecule has 0 aliphatic rings. The van der Waals surface area contributed by atoms with Gasteiger partial charge < -0.3 is 15.5 Å². The Morgan fingerprint density at radius 1 is 1.28 bits per heavy atom. The number of nitrogens with zero attached hydrogens (tertiary/aromatic N) is 2. The number of hydrogen-bond donors (Lipinski definition) is 3. The molecule has 8 heteroatoms. The van der Waals surface area contributed by atoms with Crippen LogP contribution in [0.5, 0.6) is 5.75 Å². The molecule has 3 rings (SSSR count). The molecular formula is C21H24ClN5O2. The molecule has 1 heterocycles. The molecule has 0 fully saturated rings. The normalized spacial score (nSPS) is 11.8. The van der Waals surface area contributed by atoms with E-state index in [0.717, 1.165) is 13.1 Å². The summed E-state index contributed by atoms with van der Waals surface area (Å²) in [5, 5.41) is 3.73. The third kappa shape index (κ3) is 5.28. The Hall–Kier alpha value is -3.03. The van der Waals surface area contributed by atoms with Gasteiger partial charge in [-0.25, -0.2) is 0 Å². The molecule has 7 nitrogen and oxygen atoms in total. The topological polar surface area (TPSA) is 95.7 Å². The largest absolute Gasteiger partial charge is 0.490 e. The highest BCUT2D eigenvalue weighted by Crippen LogP contribution is 2.31. The van der Waals surface area contributed by atoms with Gasteiger partial charge in [-0.3, -0.25) is 20.0 Å². The molecule has 0 saturated carbocycles. The van der Waals surface area contributed by atoms with Crippen LogP contribution >= 0.6 is 11.6 Å². The monoisotopic (exact) mass is 413 g/mol. The van der Waals surface area contributed by atoms with E-state index in [1.54, 1.807) is 18.2 Å². The number of aliphatic imine (C=N–C) groups is 1. The summed E-state index contributed by atoms with van der Waals surface area (Å²) in [6.07, 6.45) is 0. The Kier molecular flexibility index (Phi) is 6.74. The summed E-state index contributed by atoms with van der Waals surface area (Å²) in [5.74, 6) is 0.278. The van der Waals surface area contributed by atoms with E-state index >= 15 is 0 Å². The summed E-state index contributed by atoms with van der Waals surface area (Å²) in [6.45, 7) is 2.08. The fraction of sp³-hybridized carbons (Fsp3) is 0.238. The van der Waals surface area contributed by atoms with Crippen LogP contribution in [-0.4, -0.2) is 49.0 Å². The van der Waals surface area contributed by atoms with Crippen molar-refractivity contribution < 1.29 is 9.53 Å². The maximum atomic E-state index is 12.3. The average molecular weight is 414 g/mol. The van der Waals surface area contributed by atoms with Crippen molar-refractivity contribution >= 4 is 34.4 Å². The van der Waals surface area contributed by atoms with E-state index in [-0.39, 0.29) is 5.96 Å². The maximum Gasteiger partial charge on any atom is 0.274 e. The third-order valence-corrected chi connectivity index (χ3v) is 4.79. The second-order valence-corrected chi connectivity index (χ2v) is 7.06. The number of likely N-dealkylation sites (N-methyl/N-ethyl adjacent to an activating group) is 1. The Balaban J connectivity index is 1.67. The summed E-state index contributed by atoms with van der Waals surface area (Å²) in [6, 6.07) is 15.5. The number of halogens is 1. The number of hydrogen-bond acceptors (Lipinski definition) is 4. The number of guanidine groups is 1. The molecule has 0 aliphatic carbocycles. The number of carbonyl (C=O) groups excluding carboxylic acids is 1. The molecule has 1 aromatic heterocycles. The van der Waals surface area contributed by atoms with Crippen LogP contribution in [0.4, 0.5) is 0 Å². The highest BCUT2D eigenvalue weighted by molar-refractivity contribution is 6.35. The Labute approximate surface area is 174 Å². The number of aromatic amines is 1. The number of carbonyl (C=O) groups is 1. The lowest BCUT2D eigenvalue weighted by molar-refractivity contribution is 0.0972. The lowest BCUT2D eigenvalue weighted by atomic mass is 10.2. The van der Waals surface area contributed by atoms with Gasteiger partial charge in [0, 0.05) is 25.5 Å². The second-order valence-electron chi connectivity index (χ2n) is 6.65. The SMILES string of the molecule is CN=C(N)NC(=O)c1cc2c(Cl)ccc(OCCN(C)Cc3ccccc3)c2[nH]1. The van der Waals surface area contributed by atoms with E-state index in [0.29, 0.717) is 34.0 Å². The van der Waals surface area contributed by atoms with Crippen molar-refractivity contribution in [3.63, 3.8) is 0 Å². The summed E-state index contributed by atoms with van der Waals surface area (Å²) >= 11 is 6.29. The van der Waals surface area contributed by atoms with Gasteiger partial charge in [0.2, 0.25) is 0 Å². The van der Waals surface area contributed by atoms with Gasteiger partial charge >= 0.3 is 0 Å². The van der Waals surface area contributed by atoms with E-state index in [2.05, 4.69) is 32.3 Å². The summed E-state index contributed by atoms with van der Waals surface area (Å²) in [7, 11) is 3.54. The molecule has 0 radical (unpaired) electrons. The van der Waals surface area contributed by atoms with E-state index in [1.807, 2.05) is 25.2 Å². The highest BCUT2D eigenvalue weighted by atomic mass is 35.5. The minimum absolute atomic E-state index is 0.0395. The number of amides is 1. The number of ether oxygens (including phenoxy) is 1. The zero-order valence-corrected chi connectivity index (χ0v) is 17.2. The zero-order valence-electron chi connectivity index (χ0n) is 16.4. The molecule has 0 spiro atoms. The quantitative estimate of drug-likeness (QED) is 0.410. The van der Waals surface area contributed by atoms with Gasteiger partial charge in [-0.15, -0.1) is 0 Å². The minimum Gasteiger partial charge on any atom is -0.490 e. The average Bonchev–Trinajstić information content (AvgIpc) is 3.17. The van der Waals surface area contributed by atoms with Crippen molar-refractivity contribution in [1.82, 2.24) is 15.2 Å². The number of nitrogens with two attached hydrogens (primary N) is 1. The molecule has 4 N–H and O–H groups in total. The van der Waals surface area contributed by atoms with Crippen LogP contribution in [0.2, 0.25) is 5.02 Å². The first-order chi connectivity index (χ1) is 14.0. The first-order valence-electron chi connectivity index (χ1n) is 9.18. The first-order valence-corrected chi connectivity index (χ1v) is 9.56. The van der Waals surface area contributed by atoms with E-state index in [9.17, 15) is 4.79 Å². The smallest absolute Gasteiger partial charge is 0.274 e. The zero-order chi connectivity index (χ0) is 20.8. The molecule has 29 heavy (non-hydrogen) atoms. The predicted octanol–water partition coefficient (Wildman–Crippen LogP) is 3.01. The molecule has 0 aliphatic heterocycles. The van der Waals surface area contributed by atoms with Crippen LogP contribution in [0.3, 0.4) is 0 Å². The van der Waals surface area contributed by atoms with Crippen LogP contribution in [0.1, 0.15) is 16.1 Å². The number of nitrogens with one attached hydrogen (secondary N) is 2. The first kappa shape index (κ1) is 20.7. The van der Waals surface area contributed by atoms with E-state index < -0.39 is 5.91 Å². The standard InChI is InChI=1S/C21H24ClN5O2/c1-24-21(23)26-20(28)17-12-15-16(22)8-9-18(19(15)25-17)29-11-10-27(2)13-14-6-4-3-5-7-14/h3-9,12,25H,10-11,13H2,1-2H3,(H3,23,24,26,28). The Bertz CT molecular complexity index is 1020. The van der Waals surface area contributed by atoms with Crippen molar-refractivity contribution in [3.05, 3.63) is 64.8 Å². The minimum atomic E-state index is -0.395. The van der Waals surface area contributed by atoms with Gasteiger partial charge in [0.15, 0.2) is 5.96 Å². The van der Waals surface area contributed by atoms with Crippen molar-refractivity contribution in [3.8, 4) is 5.75 Å². The molecule has 0 bridgehead atoms. The molecule has 3 aromatic rings. The molecule has 0 saturated heterocycles. The molecular weight excluding hydrogens is 390 g/mol. The number of fused-ring (bicyclic) bond motifs is 1.